The summed E-state index contributed by atoms with van der Waals surface area (Å²) in [4.78, 5) is 0. The molecule has 0 spiro atoms. The molecule has 0 N–H and O–H groups in total. The Morgan fingerprint density at radius 2 is 0.691 bits per heavy atom. The van der Waals surface area contributed by atoms with E-state index in [-0.39, 0.29) is 0 Å². The molecule has 256 valence electrons. The van der Waals surface area contributed by atoms with E-state index in [9.17, 15) is 0 Å². The van der Waals surface area contributed by atoms with E-state index in [1.165, 1.54) is 99.1 Å². The normalized spacial score (nSPS) is 12.9. The summed E-state index contributed by atoms with van der Waals surface area (Å²) in [5.41, 5.74) is 14.6. The monoisotopic (exact) mass is 696 g/mol. The van der Waals surface area contributed by atoms with E-state index in [0.29, 0.717) is 0 Å². The summed E-state index contributed by atoms with van der Waals surface area (Å²) < 4.78 is 0. The summed E-state index contributed by atoms with van der Waals surface area (Å²) in [6.45, 7) is 0. The van der Waals surface area contributed by atoms with Gasteiger partial charge in [0.05, 0.1) is 5.41 Å². The molecular weight excluding hydrogens is 661 g/mol. The van der Waals surface area contributed by atoms with Crippen molar-refractivity contribution in [1.82, 2.24) is 0 Å². The molecule has 0 unspecified atom stereocenters. The molecule has 0 radical (unpaired) electrons. The first kappa shape index (κ1) is 31.5. The van der Waals surface area contributed by atoms with E-state index in [2.05, 4.69) is 218 Å². The lowest BCUT2D eigenvalue weighted by molar-refractivity contribution is 0.769. The standard InChI is InChI=1S/C55H36/c1-3-18-48(19-4-1)55(49-20-5-2-6-21-49)52-30-28-39-15-11-12-22-50(39)54(52)51-29-27-44(36-53(51)55)47-34-45(42-25-23-37-13-7-9-16-40(37)31-42)33-46(35-47)43-26-24-38-14-8-10-17-41(38)32-43/h1-36H. The lowest BCUT2D eigenvalue weighted by atomic mass is 9.67. The number of hydrogen-bond donors (Lipinski definition) is 0. The van der Waals surface area contributed by atoms with Crippen LogP contribution < -0.4 is 0 Å². The molecule has 0 atom stereocenters. The molecule has 0 heterocycles. The van der Waals surface area contributed by atoms with Crippen LogP contribution in [-0.4, -0.2) is 0 Å². The van der Waals surface area contributed by atoms with Crippen molar-refractivity contribution < 1.29 is 0 Å². The van der Waals surface area contributed by atoms with Gasteiger partial charge in [0.15, 0.2) is 0 Å². The average molecular weight is 697 g/mol. The second-order valence-electron chi connectivity index (χ2n) is 14.9. The van der Waals surface area contributed by atoms with Gasteiger partial charge in [0, 0.05) is 0 Å². The molecule has 0 saturated heterocycles. The largest absolute Gasteiger partial charge is 0.0714 e. The van der Waals surface area contributed by atoms with Crippen LogP contribution >= 0.6 is 0 Å². The molecule has 1 aliphatic carbocycles. The molecule has 10 aromatic carbocycles. The molecule has 10 aromatic rings. The van der Waals surface area contributed by atoms with Gasteiger partial charge in [0.2, 0.25) is 0 Å². The van der Waals surface area contributed by atoms with Crippen molar-refractivity contribution >= 4 is 32.3 Å². The van der Waals surface area contributed by atoms with Crippen LogP contribution in [0.1, 0.15) is 22.3 Å². The van der Waals surface area contributed by atoms with E-state index < -0.39 is 5.41 Å². The van der Waals surface area contributed by atoms with Crippen molar-refractivity contribution in [1.29, 1.82) is 0 Å². The number of benzene rings is 10. The molecule has 0 aliphatic heterocycles. The van der Waals surface area contributed by atoms with Gasteiger partial charge in [-0.15, -0.1) is 0 Å². The highest BCUT2D eigenvalue weighted by molar-refractivity contribution is 6.04. The Morgan fingerprint density at radius 3 is 1.25 bits per heavy atom. The number of fused-ring (bicyclic) bond motifs is 7. The van der Waals surface area contributed by atoms with Gasteiger partial charge < -0.3 is 0 Å². The van der Waals surface area contributed by atoms with Crippen LogP contribution in [0.25, 0.3) is 76.8 Å². The zero-order valence-corrected chi connectivity index (χ0v) is 30.3. The zero-order valence-electron chi connectivity index (χ0n) is 30.3. The van der Waals surface area contributed by atoms with Crippen LogP contribution in [0.2, 0.25) is 0 Å². The zero-order chi connectivity index (χ0) is 36.3. The fraction of sp³-hybridized carbons (Fsp3) is 0.0182. The summed E-state index contributed by atoms with van der Waals surface area (Å²) in [6, 6.07) is 81.1. The third-order valence-corrected chi connectivity index (χ3v) is 11.9. The molecule has 11 rings (SSSR count). The second-order valence-corrected chi connectivity index (χ2v) is 14.9. The SMILES string of the molecule is c1ccc(C2(c3ccccc3)c3cc(-c4cc(-c5ccc6ccccc6c5)cc(-c5ccc6ccccc6c5)c4)ccc3-c3c2ccc2ccccc32)cc1. The van der Waals surface area contributed by atoms with Crippen LogP contribution in [-0.2, 0) is 5.41 Å². The number of hydrogen-bond acceptors (Lipinski definition) is 0. The van der Waals surface area contributed by atoms with E-state index in [1.807, 2.05) is 0 Å². The molecule has 0 aromatic heterocycles. The topological polar surface area (TPSA) is 0 Å². The second kappa shape index (κ2) is 12.5. The fourth-order valence-electron chi connectivity index (χ4n) is 9.30. The van der Waals surface area contributed by atoms with Crippen LogP contribution in [0.5, 0.6) is 0 Å². The Hall–Kier alpha value is -7.02. The van der Waals surface area contributed by atoms with Crippen molar-refractivity contribution in [3.63, 3.8) is 0 Å². The predicted octanol–water partition coefficient (Wildman–Crippen LogP) is 14.5. The Bertz CT molecular complexity index is 2940. The minimum absolute atomic E-state index is 0.496. The van der Waals surface area contributed by atoms with Crippen LogP contribution in [0.3, 0.4) is 0 Å². The predicted molar refractivity (Wildman–Crippen MR) is 233 cm³/mol. The fourth-order valence-corrected chi connectivity index (χ4v) is 9.30. The maximum atomic E-state index is 2.49. The maximum absolute atomic E-state index is 2.49. The van der Waals surface area contributed by atoms with Crippen molar-refractivity contribution in [3.05, 3.63) is 241 Å². The molecule has 55 heavy (non-hydrogen) atoms. The molecule has 0 saturated carbocycles. The van der Waals surface area contributed by atoms with Crippen LogP contribution in [0.4, 0.5) is 0 Å². The lowest BCUT2D eigenvalue weighted by Crippen LogP contribution is -2.28. The summed E-state index contributed by atoms with van der Waals surface area (Å²) >= 11 is 0. The van der Waals surface area contributed by atoms with E-state index >= 15 is 0 Å². The summed E-state index contributed by atoms with van der Waals surface area (Å²) in [5, 5.41) is 7.55. The van der Waals surface area contributed by atoms with Crippen molar-refractivity contribution in [2.45, 2.75) is 5.41 Å². The van der Waals surface area contributed by atoms with Crippen LogP contribution in [0.15, 0.2) is 218 Å². The Balaban J connectivity index is 1.19. The highest BCUT2D eigenvalue weighted by Gasteiger charge is 2.46. The summed E-state index contributed by atoms with van der Waals surface area (Å²) in [5.74, 6) is 0. The first-order chi connectivity index (χ1) is 27.2. The van der Waals surface area contributed by atoms with Gasteiger partial charge in [-0.25, -0.2) is 0 Å². The first-order valence-electron chi connectivity index (χ1n) is 19.2. The minimum Gasteiger partial charge on any atom is -0.0622 e. The highest BCUT2D eigenvalue weighted by atomic mass is 14.5. The molecule has 0 bridgehead atoms. The van der Waals surface area contributed by atoms with Gasteiger partial charge in [0.25, 0.3) is 0 Å². The third-order valence-electron chi connectivity index (χ3n) is 11.9. The van der Waals surface area contributed by atoms with Crippen molar-refractivity contribution in [2.24, 2.45) is 0 Å². The summed E-state index contributed by atoms with van der Waals surface area (Å²) in [6.07, 6.45) is 0. The first-order valence-corrected chi connectivity index (χ1v) is 19.2. The quantitative estimate of drug-likeness (QED) is 0.168. The van der Waals surface area contributed by atoms with E-state index in [1.54, 1.807) is 0 Å². The molecule has 0 nitrogen and oxygen atoms in total. The third kappa shape index (κ3) is 4.99. The molecular formula is C55H36. The Labute approximate surface area is 321 Å². The molecule has 0 amide bonds. The number of rotatable bonds is 5. The van der Waals surface area contributed by atoms with E-state index in [0.717, 1.165) is 0 Å². The smallest absolute Gasteiger partial charge is 0.0622 e. The van der Waals surface area contributed by atoms with Crippen LogP contribution in [0, 0.1) is 0 Å². The van der Waals surface area contributed by atoms with Gasteiger partial charge in [-0.2, -0.15) is 0 Å². The Morgan fingerprint density at radius 1 is 0.255 bits per heavy atom. The van der Waals surface area contributed by atoms with Gasteiger partial charge >= 0.3 is 0 Å². The maximum Gasteiger partial charge on any atom is 0.0714 e. The van der Waals surface area contributed by atoms with Gasteiger partial charge in [-0.3, -0.25) is 0 Å². The van der Waals surface area contributed by atoms with Gasteiger partial charge in [-0.1, -0.05) is 182 Å². The van der Waals surface area contributed by atoms with Crippen molar-refractivity contribution in [2.75, 3.05) is 0 Å². The minimum atomic E-state index is -0.496. The van der Waals surface area contributed by atoms with Crippen molar-refractivity contribution in [3.8, 4) is 44.5 Å². The average Bonchev–Trinajstić information content (AvgIpc) is 3.57. The molecule has 1 aliphatic rings. The summed E-state index contributed by atoms with van der Waals surface area (Å²) in [7, 11) is 0. The van der Waals surface area contributed by atoms with E-state index in [4.69, 9.17) is 0 Å². The lowest BCUT2D eigenvalue weighted by Gasteiger charge is -2.34. The highest BCUT2D eigenvalue weighted by Crippen LogP contribution is 2.58. The molecule has 0 heteroatoms. The van der Waals surface area contributed by atoms with Gasteiger partial charge in [-0.05, 0) is 135 Å². The Kier molecular flexibility index (Phi) is 7.19. The van der Waals surface area contributed by atoms with Gasteiger partial charge in [0.1, 0.15) is 0 Å². The molecule has 0 fully saturated rings.